The quantitative estimate of drug-likeness (QED) is 0.825. The summed E-state index contributed by atoms with van der Waals surface area (Å²) in [5.41, 5.74) is 5.67. The molecule has 0 aliphatic carbocycles. The molecular weight excluding hydrogens is 245 g/mol. The fourth-order valence-electron chi connectivity index (χ4n) is 1.65. The van der Waals surface area contributed by atoms with Crippen LogP contribution in [0.2, 0.25) is 5.02 Å². The van der Waals surface area contributed by atoms with Crippen molar-refractivity contribution in [3.05, 3.63) is 34.6 Å². The van der Waals surface area contributed by atoms with E-state index in [0.717, 1.165) is 0 Å². The predicted octanol–water partition coefficient (Wildman–Crippen LogP) is 2.46. The molecule has 5 heteroatoms. The first-order valence-corrected chi connectivity index (χ1v) is 5.79. The van der Waals surface area contributed by atoms with Gasteiger partial charge in [0.15, 0.2) is 0 Å². The standard InChI is InChI=1S/C12H15ClFNO2/c13-10-5-1-3-8(11(10)14)7-9(12(16)17)4-2-6-15/h1,3,5,9H,2,4,6-7,15H2,(H,16,17). The van der Waals surface area contributed by atoms with E-state index >= 15 is 0 Å². The molecule has 1 aromatic carbocycles. The number of aliphatic carboxylic acids is 1. The second kappa shape index (κ2) is 6.57. The minimum atomic E-state index is -0.933. The molecule has 0 fully saturated rings. The Kier molecular flexibility index (Phi) is 5.38. The smallest absolute Gasteiger partial charge is 0.306 e. The molecule has 1 rings (SSSR count). The van der Waals surface area contributed by atoms with Gasteiger partial charge in [-0.1, -0.05) is 23.7 Å². The van der Waals surface area contributed by atoms with Gasteiger partial charge in [-0.3, -0.25) is 4.79 Å². The summed E-state index contributed by atoms with van der Waals surface area (Å²) in [5, 5.41) is 9.04. The monoisotopic (exact) mass is 259 g/mol. The average Bonchev–Trinajstić information content (AvgIpc) is 2.29. The Morgan fingerprint density at radius 1 is 1.53 bits per heavy atom. The van der Waals surface area contributed by atoms with Gasteiger partial charge in [0.05, 0.1) is 10.9 Å². The van der Waals surface area contributed by atoms with Crippen molar-refractivity contribution in [1.29, 1.82) is 0 Å². The minimum Gasteiger partial charge on any atom is -0.481 e. The van der Waals surface area contributed by atoms with Crippen molar-refractivity contribution in [3.63, 3.8) is 0 Å². The normalized spacial score (nSPS) is 12.4. The van der Waals surface area contributed by atoms with E-state index < -0.39 is 17.7 Å². The molecule has 0 radical (unpaired) electrons. The van der Waals surface area contributed by atoms with Gasteiger partial charge in [-0.05, 0) is 37.4 Å². The molecule has 1 unspecified atom stereocenters. The van der Waals surface area contributed by atoms with Crippen LogP contribution in [0, 0.1) is 11.7 Å². The Morgan fingerprint density at radius 3 is 2.82 bits per heavy atom. The third-order valence-corrected chi connectivity index (χ3v) is 2.90. The fraction of sp³-hybridized carbons (Fsp3) is 0.417. The highest BCUT2D eigenvalue weighted by atomic mass is 35.5. The van der Waals surface area contributed by atoms with Crippen LogP contribution in [0.5, 0.6) is 0 Å². The molecule has 0 bridgehead atoms. The van der Waals surface area contributed by atoms with Gasteiger partial charge in [-0.15, -0.1) is 0 Å². The zero-order chi connectivity index (χ0) is 12.8. The lowest BCUT2D eigenvalue weighted by Gasteiger charge is -2.12. The molecule has 1 atom stereocenters. The lowest BCUT2D eigenvalue weighted by Crippen LogP contribution is -2.18. The number of carboxylic acid groups (broad SMARTS) is 1. The highest BCUT2D eigenvalue weighted by Gasteiger charge is 2.19. The lowest BCUT2D eigenvalue weighted by atomic mass is 9.94. The van der Waals surface area contributed by atoms with Crippen molar-refractivity contribution in [1.82, 2.24) is 0 Å². The second-order valence-electron chi connectivity index (χ2n) is 3.88. The molecule has 3 nitrogen and oxygen atoms in total. The first kappa shape index (κ1) is 13.9. The van der Waals surface area contributed by atoms with Crippen LogP contribution in [0.15, 0.2) is 18.2 Å². The topological polar surface area (TPSA) is 63.3 Å². The molecule has 0 spiro atoms. The summed E-state index contributed by atoms with van der Waals surface area (Å²) in [7, 11) is 0. The maximum absolute atomic E-state index is 13.6. The molecule has 0 amide bonds. The van der Waals surface area contributed by atoms with E-state index in [4.69, 9.17) is 22.4 Å². The third kappa shape index (κ3) is 3.98. The van der Waals surface area contributed by atoms with Crippen molar-refractivity contribution >= 4 is 17.6 Å². The molecule has 0 heterocycles. The first-order chi connectivity index (χ1) is 8.06. The van der Waals surface area contributed by atoms with Gasteiger partial charge in [0.25, 0.3) is 0 Å². The van der Waals surface area contributed by atoms with Crippen LogP contribution in [-0.4, -0.2) is 17.6 Å². The molecular formula is C12H15ClFNO2. The molecule has 3 N–H and O–H groups in total. The molecule has 0 aromatic heterocycles. The predicted molar refractivity (Wildman–Crippen MR) is 64.5 cm³/mol. The molecule has 0 saturated heterocycles. The minimum absolute atomic E-state index is 0.0189. The van der Waals surface area contributed by atoms with Crippen LogP contribution >= 0.6 is 11.6 Å². The van der Waals surface area contributed by atoms with Gasteiger partial charge in [-0.2, -0.15) is 0 Å². The first-order valence-electron chi connectivity index (χ1n) is 5.42. The molecule has 1 aromatic rings. The van der Waals surface area contributed by atoms with Crippen molar-refractivity contribution in [2.24, 2.45) is 11.7 Å². The number of carbonyl (C=O) groups is 1. The fourth-order valence-corrected chi connectivity index (χ4v) is 1.84. The Labute approximate surface area is 104 Å². The van der Waals surface area contributed by atoms with E-state index in [2.05, 4.69) is 0 Å². The van der Waals surface area contributed by atoms with Crippen LogP contribution in [-0.2, 0) is 11.2 Å². The van der Waals surface area contributed by atoms with Crippen molar-refractivity contribution in [3.8, 4) is 0 Å². The zero-order valence-electron chi connectivity index (χ0n) is 9.33. The summed E-state index contributed by atoms with van der Waals surface area (Å²) in [4.78, 5) is 11.0. The van der Waals surface area contributed by atoms with E-state index in [1.165, 1.54) is 6.07 Å². The van der Waals surface area contributed by atoms with Gasteiger partial charge in [0, 0.05) is 0 Å². The van der Waals surface area contributed by atoms with Gasteiger partial charge < -0.3 is 10.8 Å². The summed E-state index contributed by atoms with van der Waals surface area (Å²) in [6, 6.07) is 4.61. The summed E-state index contributed by atoms with van der Waals surface area (Å²) in [5.74, 6) is -2.09. The van der Waals surface area contributed by atoms with E-state index in [9.17, 15) is 9.18 Å². The van der Waals surface area contributed by atoms with Gasteiger partial charge in [0.2, 0.25) is 0 Å². The van der Waals surface area contributed by atoms with Crippen LogP contribution < -0.4 is 5.73 Å². The molecule has 0 aliphatic heterocycles. The van der Waals surface area contributed by atoms with Crippen LogP contribution in [0.1, 0.15) is 18.4 Å². The maximum Gasteiger partial charge on any atom is 0.306 e. The zero-order valence-corrected chi connectivity index (χ0v) is 10.1. The van der Waals surface area contributed by atoms with Gasteiger partial charge in [-0.25, -0.2) is 4.39 Å². The van der Waals surface area contributed by atoms with Crippen molar-refractivity contribution in [2.75, 3.05) is 6.54 Å². The van der Waals surface area contributed by atoms with E-state index in [1.54, 1.807) is 12.1 Å². The van der Waals surface area contributed by atoms with E-state index in [0.29, 0.717) is 24.9 Å². The molecule has 0 saturated carbocycles. The average molecular weight is 260 g/mol. The third-order valence-electron chi connectivity index (χ3n) is 2.60. The summed E-state index contributed by atoms with van der Waals surface area (Å²) in [6.45, 7) is 0.432. The van der Waals surface area contributed by atoms with E-state index in [-0.39, 0.29) is 11.4 Å². The molecule has 94 valence electrons. The number of benzene rings is 1. The van der Waals surface area contributed by atoms with Gasteiger partial charge in [0.1, 0.15) is 5.82 Å². The second-order valence-corrected chi connectivity index (χ2v) is 4.29. The highest BCUT2D eigenvalue weighted by Crippen LogP contribution is 2.22. The Hall–Kier alpha value is -1.13. The number of halogens is 2. The van der Waals surface area contributed by atoms with Crippen molar-refractivity contribution in [2.45, 2.75) is 19.3 Å². The number of nitrogens with two attached hydrogens (primary N) is 1. The van der Waals surface area contributed by atoms with Crippen molar-refractivity contribution < 1.29 is 14.3 Å². The number of rotatable bonds is 6. The van der Waals surface area contributed by atoms with Crippen LogP contribution in [0.25, 0.3) is 0 Å². The largest absolute Gasteiger partial charge is 0.481 e. The number of hydrogen-bond acceptors (Lipinski definition) is 2. The van der Waals surface area contributed by atoms with E-state index in [1.807, 2.05) is 0 Å². The SMILES string of the molecule is NCCCC(Cc1cccc(Cl)c1F)C(=O)O. The number of carboxylic acids is 1. The summed E-state index contributed by atoms with van der Waals surface area (Å²) < 4.78 is 13.6. The molecule has 0 aliphatic rings. The molecule has 17 heavy (non-hydrogen) atoms. The Balaban J connectivity index is 2.78. The summed E-state index contributed by atoms with van der Waals surface area (Å²) >= 11 is 5.64. The lowest BCUT2D eigenvalue weighted by molar-refractivity contribution is -0.141. The Morgan fingerprint density at radius 2 is 2.24 bits per heavy atom. The van der Waals surface area contributed by atoms with Gasteiger partial charge >= 0.3 is 5.97 Å². The Bertz CT molecular complexity index is 398. The number of hydrogen-bond donors (Lipinski definition) is 2. The van der Waals surface area contributed by atoms with Crippen LogP contribution in [0.3, 0.4) is 0 Å². The van der Waals surface area contributed by atoms with Crippen LogP contribution in [0.4, 0.5) is 4.39 Å². The highest BCUT2D eigenvalue weighted by molar-refractivity contribution is 6.30. The maximum atomic E-state index is 13.6. The summed E-state index contributed by atoms with van der Waals surface area (Å²) in [6.07, 6.45) is 1.19.